The van der Waals surface area contributed by atoms with E-state index in [0.29, 0.717) is 30.0 Å². The smallest absolute Gasteiger partial charge is 0.411 e. The molecule has 10 heteroatoms. The van der Waals surface area contributed by atoms with Gasteiger partial charge in [0.1, 0.15) is 6.54 Å². The number of urea groups is 1. The molecule has 1 saturated carbocycles. The molecule has 2 aliphatic rings. The predicted octanol–water partition coefficient (Wildman–Crippen LogP) is 6.36. The number of carbonyl (C=O) groups is 4. The molecule has 0 radical (unpaired) electrons. The number of benzene rings is 2. The van der Waals surface area contributed by atoms with Gasteiger partial charge in [0.05, 0.1) is 17.9 Å². The van der Waals surface area contributed by atoms with Gasteiger partial charge < -0.3 is 10.4 Å². The Labute approximate surface area is 247 Å². The Hall–Kier alpha value is -4.21. The molecule has 4 amide bonds. The Kier molecular flexibility index (Phi) is 9.65. The SMILES string of the molecule is CCCN(C(=O)O)c1cccc(NC(=O)CN2N=C(C3CCCCC3)c3ccccc3N(CC(=O)C(C)(C)C)C2=O)c1. The second-order valence-electron chi connectivity index (χ2n) is 12.0. The second kappa shape index (κ2) is 13.2. The van der Waals surface area contributed by atoms with Crippen LogP contribution >= 0.6 is 0 Å². The standard InChI is InChI=1S/C32H41N5O5/c1-5-18-35(31(41)42)24-15-11-14-23(19-24)33-28(39)21-37-30(40)36(20-27(38)32(2,3)4)26-17-10-9-16-25(26)29(34-37)22-12-7-6-8-13-22/h9-11,14-17,19,22H,5-8,12-13,18,20-21H2,1-4H3,(H,33,39)(H,41,42). The summed E-state index contributed by atoms with van der Waals surface area (Å²) in [5, 5.41) is 18.4. The average Bonchev–Trinajstić information content (AvgIpc) is 3.06. The molecule has 2 N–H and O–H groups in total. The van der Waals surface area contributed by atoms with Gasteiger partial charge in [-0.05, 0) is 43.5 Å². The molecule has 1 heterocycles. The highest BCUT2D eigenvalue weighted by molar-refractivity contribution is 6.13. The number of hydrogen-bond donors (Lipinski definition) is 2. The molecule has 0 aromatic heterocycles. The van der Waals surface area contributed by atoms with E-state index in [9.17, 15) is 24.3 Å². The molecule has 10 nitrogen and oxygen atoms in total. The van der Waals surface area contributed by atoms with E-state index in [1.807, 2.05) is 52.0 Å². The molecule has 1 fully saturated rings. The fraction of sp³-hybridized carbons (Fsp3) is 0.469. The first kappa shape index (κ1) is 30.7. The van der Waals surface area contributed by atoms with Gasteiger partial charge in [-0.3, -0.25) is 19.4 Å². The lowest BCUT2D eigenvalue weighted by Gasteiger charge is -2.28. The van der Waals surface area contributed by atoms with E-state index in [-0.39, 0.29) is 24.8 Å². The summed E-state index contributed by atoms with van der Waals surface area (Å²) in [5.74, 6) is -0.463. The van der Waals surface area contributed by atoms with E-state index in [1.54, 1.807) is 24.3 Å². The monoisotopic (exact) mass is 575 g/mol. The highest BCUT2D eigenvalue weighted by Crippen LogP contribution is 2.34. The van der Waals surface area contributed by atoms with Crippen molar-refractivity contribution in [3.05, 3.63) is 54.1 Å². The molecule has 4 rings (SSSR count). The molecule has 0 unspecified atom stereocenters. The number of amides is 4. The first-order valence-electron chi connectivity index (χ1n) is 14.7. The molecule has 0 spiro atoms. The lowest BCUT2D eigenvalue weighted by molar-refractivity contribution is -0.124. The fourth-order valence-corrected chi connectivity index (χ4v) is 5.36. The second-order valence-corrected chi connectivity index (χ2v) is 12.0. The summed E-state index contributed by atoms with van der Waals surface area (Å²) < 4.78 is 0. The summed E-state index contributed by atoms with van der Waals surface area (Å²) >= 11 is 0. The molecule has 2 aromatic carbocycles. The summed E-state index contributed by atoms with van der Waals surface area (Å²) in [4.78, 5) is 54.9. The lowest BCUT2D eigenvalue weighted by Crippen LogP contribution is -2.47. The van der Waals surface area contributed by atoms with Gasteiger partial charge in [-0.1, -0.05) is 71.2 Å². The maximum atomic E-state index is 14.0. The number of anilines is 3. The Morgan fingerprint density at radius 1 is 1.02 bits per heavy atom. The number of hydrogen-bond acceptors (Lipinski definition) is 5. The van der Waals surface area contributed by atoms with E-state index >= 15 is 0 Å². The van der Waals surface area contributed by atoms with Crippen LogP contribution in [0.5, 0.6) is 0 Å². The molecule has 1 aliphatic heterocycles. The summed E-state index contributed by atoms with van der Waals surface area (Å²) in [6.07, 6.45) is 4.71. The van der Waals surface area contributed by atoms with Crippen molar-refractivity contribution in [1.29, 1.82) is 0 Å². The minimum Gasteiger partial charge on any atom is -0.465 e. The average molecular weight is 576 g/mol. The van der Waals surface area contributed by atoms with Crippen molar-refractivity contribution in [3.8, 4) is 0 Å². The lowest BCUT2D eigenvalue weighted by atomic mass is 9.83. The van der Waals surface area contributed by atoms with Gasteiger partial charge in [0.15, 0.2) is 5.78 Å². The number of fused-ring (bicyclic) bond motifs is 1. The third kappa shape index (κ3) is 7.16. The zero-order valence-electron chi connectivity index (χ0n) is 24.9. The maximum absolute atomic E-state index is 14.0. The zero-order chi connectivity index (χ0) is 30.4. The highest BCUT2D eigenvalue weighted by Gasteiger charge is 2.36. The maximum Gasteiger partial charge on any atom is 0.411 e. The Balaban J connectivity index is 1.66. The van der Waals surface area contributed by atoms with Crippen LogP contribution in [-0.4, -0.2) is 59.3 Å². The number of rotatable bonds is 9. The molecule has 2 aromatic rings. The van der Waals surface area contributed by atoms with Crippen LogP contribution in [0.1, 0.15) is 71.8 Å². The van der Waals surface area contributed by atoms with Crippen LogP contribution in [0.2, 0.25) is 0 Å². The van der Waals surface area contributed by atoms with Crippen molar-refractivity contribution < 1.29 is 24.3 Å². The summed E-state index contributed by atoms with van der Waals surface area (Å²) in [6, 6.07) is 13.6. The number of Topliss-reactive ketones (excluding diaryl/α,β-unsaturated/α-hetero) is 1. The van der Waals surface area contributed by atoms with Crippen LogP contribution in [0, 0.1) is 11.3 Å². The van der Waals surface area contributed by atoms with Crippen molar-refractivity contribution >= 4 is 46.6 Å². The largest absolute Gasteiger partial charge is 0.465 e. The van der Waals surface area contributed by atoms with E-state index in [4.69, 9.17) is 5.10 Å². The molecule has 224 valence electrons. The molecule has 1 aliphatic carbocycles. The summed E-state index contributed by atoms with van der Waals surface area (Å²) in [7, 11) is 0. The number of nitrogens with one attached hydrogen (secondary N) is 1. The third-order valence-electron chi connectivity index (χ3n) is 7.69. The molecular weight excluding hydrogens is 534 g/mol. The van der Waals surface area contributed by atoms with Gasteiger partial charge in [-0.2, -0.15) is 5.10 Å². The van der Waals surface area contributed by atoms with Crippen LogP contribution in [0.25, 0.3) is 0 Å². The number of carbonyl (C=O) groups excluding carboxylic acids is 3. The molecule has 0 atom stereocenters. The van der Waals surface area contributed by atoms with Gasteiger partial charge in [-0.25, -0.2) is 14.6 Å². The van der Waals surface area contributed by atoms with Crippen LogP contribution in [-0.2, 0) is 9.59 Å². The fourth-order valence-electron chi connectivity index (χ4n) is 5.36. The van der Waals surface area contributed by atoms with Crippen LogP contribution in [0.3, 0.4) is 0 Å². The quantitative estimate of drug-likeness (QED) is 0.360. The normalized spacial score (nSPS) is 15.9. The topological polar surface area (TPSA) is 123 Å². The van der Waals surface area contributed by atoms with Crippen molar-refractivity contribution in [2.45, 2.75) is 66.2 Å². The van der Waals surface area contributed by atoms with Crippen LogP contribution < -0.4 is 15.1 Å². The van der Waals surface area contributed by atoms with Gasteiger partial charge in [0.25, 0.3) is 0 Å². The van der Waals surface area contributed by atoms with E-state index in [1.165, 1.54) is 14.8 Å². The molecular formula is C32H41N5O5. The predicted molar refractivity (Wildman–Crippen MR) is 164 cm³/mol. The Morgan fingerprint density at radius 2 is 1.74 bits per heavy atom. The minimum absolute atomic E-state index is 0.108. The number of para-hydroxylation sites is 1. The summed E-state index contributed by atoms with van der Waals surface area (Å²) in [5.41, 5.74) is 2.36. The van der Waals surface area contributed by atoms with Crippen molar-refractivity contribution in [3.63, 3.8) is 0 Å². The Bertz CT molecular complexity index is 1360. The van der Waals surface area contributed by atoms with E-state index < -0.39 is 23.4 Å². The van der Waals surface area contributed by atoms with Crippen molar-refractivity contribution in [2.24, 2.45) is 16.4 Å². The van der Waals surface area contributed by atoms with Gasteiger partial charge in [0.2, 0.25) is 5.91 Å². The summed E-state index contributed by atoms with van der Waals surface area (Å²) in [6.45, 7) is 7.15. The number of carboxylic acid groups (broad SMARTS) is 1. The first-order chi connectivity index (χ1) is 20.0. The van der Waals surface area contributed by atoms with Crippen LogP contribution in [0.4, 0.5) is 26.7 Å². The third-order valence-corrected chi connectivity index (χ3v) is 7.69. The van der Waals surface area contributed by atoms with Gasteiger partial charge in [-0.15, -0.1) is 0 Å². The van der Waals surface area contributed by atoms with Crippen molar-refractivity contribution in [2.75, 3.05) is 34.8 Å². The molecule has 42 heavy (non-hydrogen) atoms. The first-order valence-corrected chi connectivity index (χ1v) is 14.7. The van der Waals surface area contributed by atoms with Gasteiger partial charge >= 0.3 is 12.1 Å². The van der Waals surface area contributed by atoms with Gasteiger partial charge in [0, 0.05) is 34.8 Å². The molecule has 0 bridgehead atoms. The van der Waals surface area contributed by atoms with Crippen molar-refractivity contribution in [1.82, 2.24) is 5.01 Å². The zero-order valence-corrected chi connectivity index (χ0v) is 24.9. The van der Waals surface area contributed by atoms with E-state index in [0.717, 1.165) is 43.4 Å². The minimum atomic E-state index is -1.08. The van der Waals surface area contributed by atoms with Crippen LogP contribution in [0.15, 0.2) is 53.6 Å². The van der Waals surface area contributed by atoms with E-state index in [2.05, 4.69) is 5.32 Å². The Morgan fingerprint density at radius 3 is 2.40 bits per heavy atom. The number of nitrogens with zero attached hydrogens (tertiary/aromatic N) is 4. The number of ketones is 1. The highest BCUT2D eigenvalue weighted by atomic mass is 16.4. The number of hydrazone groups is 1. The molecule has 0 saturated heterocycles.